The Morgan fingerprint density at radius 3 is 2.15 bits per heavy atom. The van der Waals surface area contributed by atoms with Gasteiger partial charge in [0.2, 0.25) is 0 Å². The number of aromatic amines is 1. The van der Waals surface area contributed by atoms with Crippen LogP contribution in [0.15, 0.2) is 18.3 Å². The zero-order valence-corrected chi connectivity index (χ0v) is 32.7. The highest BCUT2D eigenvalue weighted by Crippen LogP contribution is 2.45. The number of pyridine rings is 1. The van der Waals surface area contributed by atoms with E-state index in [-0.39, 0.29) is 24.3 Å². The monoisotopic (exact) mass is 753 g/mol. The number of benzene rings is 1. The predicted octanol–water partition coefficient (Wildman–Crippen LogP) is 9.10. The van der Waals surface area contributed by atoms with Crippen molar-refractivity contribution < 1.29 is 33.3 Å². The second-order valence-corrected chi connectivity index (χ2v) is 16.2. The molecular formula is C42H61F2N5O5. The van der Waals surface area contributed by atoms with Gasteiger partial charge in [-0.1, -0.05) is 70.6 Å². The Morgan fingerprint density at radius 2 is 1.50 bits per heavy atom. The van der Waals surface area contributed by atoms with Crippen LogP contribution >= 0.6 is 0 Å². The number of carbonyl (C=O) groups excluding carboxylic acids is 1. The van der Waals surface area contributed by atoms with E-state index in [9.17, 15) is 15.0 Å². The van der Waals surface area contributed by atoms with Gasteiger partial charge in [0, 0.05) is 60.5 Å². The molecule has 10 nitrogen and oxygen atoms in total. The lowest BCUT2D eigenvalue weighted by molar-refractivity contribution is 0.0187. The summed E-state index contributed by atoms with van der Waals surface area (Å²) >= 11 is 0. The second kappa shape index (κ2) is 18.0. The fourth-order valence-electron chi connectivity index (χ4n) is 9.06. The maximum Gasteiger partial charge on any atom is 0.329 e. The van der Waals surface area contributed by atoms with E-state index in [4.69, 9.17) is 14.5 Å². The fraction of sp³-hybridized carbons (Fsp3) is 0.667. The molecule has 3 aromatic rings. The minimum absolute atomic E-state index is 0.136. The number of urea groups is 1. The minimum Gasteiger partial charge on any atom is -0.505 e. The fourth-order valence-corrected chi connectivity index (χ4v) is 9.06. The highest BCUT2D eigenvalue weighted by atomic mass is 19.1. The number of amides is 2. The van der Waals surface area contributed by atoms with Crippen LogP contribution in [0.4, 0.5) is 25.0 Å². The molecule has 1 saturated heterocycles. The molecule has 2 atom stereocenters. The van der Waals surface area contributed by atoms with E-state index in [0.29, 0.717) is 30.1 Å². The number of carbonyl (C=O) groups is 1. The minimum atomic E-state index is -1.23. The number of nitrogens with zero attached hydrogens (tertiary/aromatic N) is 4. The molecule has 3 N–H and O–H groups in total. The lowest BCUT2D eigenvalue weighted by Crippen LogP contribution is -2.48. The third-order valence-corrected chi connectivity index (χ3v) is 12.1. The van der Waals surface area contributed by atoms with Gasteiger partial charge in [0.25, 0.3) is 0 Å². The van der Waals surface area contributed by atoms with Crippen LogP contribution in [0.5, 0.6) is 11.5 Å². The number of hydrogen-bond acceptors (Lipinski definition) is 7. The molecule has 6 rings (SSSR count). The van der Waals surface area contributed by atoms with Crippen molar-refractivity contribution in [2.75, 3.05) is 56.3 Å². The van der Waals surface area contributed by atoms with Gasteiger partial charge in [-0.2, -0.15) is 0 Å². The summed E-state index contributed by atoms with van der Waals surface area (Å²) in [6.45, 7) is 7.89. The molecule has 298 valence electrons. The summed E-state index contributed by atoms with van der Waals surface area (Å²) in [5.74, 6) is -3.45. The topological polar surface area (TPSA) is 114 Å². The number of halogens is 2. The first-order chi connectivity index (χ1) is 26.1. The number of H-pyrrole nitrogens is 1. The highest BCUT2D eigenvalue weighted by Gasteiger charge is 2.40. The van der Waals surface area contributed by atoms with Crippen LogP contribution in [0.1, 0.15) is 128 Å². The summed E-state index contributed by atoms with van der Waals surface area (Å²) in [6, 6.07) is 2.42. The van der Waals surface area contributed by atoms with Crippen molar-refractivity contribution in [2.45, 2.75) is 134 Å². The van der Waals surface area contributed by atoms with Gasteiger partial charge < -0.3 is 24.7 Å². The molecular weight excluding hydrogens is 692 g/mol. The zero-order valence-electron chi connectivity index (χ0n) is 32.7. The predicted molar refractivity (Wildman–Crippen MR) is 209 cm³/mol. The summed E-state index contributed by atoms with van der Waals surface area (Å²) < 4.78 is 41.7. The second-order valence-electron chi connectivity index (χ2n) is 16.2. The van der Waals surface area contributed by atoms with Crippen molar-refractivity contribution in [3.8, 4) is 11.5 Å². The maximum absolute atomic E-state index is 15.6. The molecule has 0 radical (unpaired) electrons. The quantitative estimate of drug-likeness (QED) is 0.230. The van der Waals surface area contributed by atoms with Crippen LogP contribution in [-0.4, -0.2) is 83.2 Å². The number of hydrogen-bond donors (Lipinski definition) is 3. The number of methoxy groups -OCH3 is 1. The standard InChI is InChI=1S/C42H61F2N5O5/c1-4-48-37-30(28-49(40(48)51)38-35(43)32(50)26-33(53-3)36(38)44)27-45-39-31(37)25-34(46-39)42(29-47-21-23-54-24-22-47)19-15-13-11-9-7-5-6-8-10-12-14-17-41(2,52)18-16-20-42/h25-27,50,52H,4-24,28-29H2,1-3H3,(H,45,46). The number of phenols is 1. The largest absolute Gasteiger partial charge is 0.505 e. The summed E-state index contributed by atoms with van der Waals surface area (Å²) in [4.78, 5) is 27.8. The molecule has 2 amide bonds. The number of ether oxygens (including phenoxy) is 2. The van der Waals surface area contributed by atoms with Crippen molar-refractivity contribution in [3.05, 3.63) is 41.2 Å². The van der Waals surface area contributed by atoms with Crippen LogP contribution in [-0.2, 0) is 16.7 Å². The van der Waals surface area contributed by atoms with Gasteiger partial charge in [0.15, 0.2) is 23.1 Å². The van der Waals surface area contributed by atoms with Crippen LogP contribution in [0.25, 0.3) is 11.0 Å². The van der Waals surface area contributed by atoms with Gasteiger partial charge >= 0.3 is 6.03 Å². The molecule has 4 heterocycles. The normalized spacial score (nSPS) is 25.0. The Morgan fingerprint density at radius 1 is 0.889 bits per heavy atom. The van der Waals surface area contributed by atoms with E-state index in [1.165, 1.54) is 63.4 Å². The Balaban J connectivity index is 1.38. The number of aliphatic hydroxyl groups is 1. The first-order valence-electron chi connectivity index (χ1n) is 20.4. The molecule has 2 unspecified atom stereocenters. The van der Waals surface area contributed by atoms with Gasteiger partial charge in [-0.15, -0.1) is 0 Å². The smallest absolute Gasteiger partial charge is 0.329 e. The lowest BCUT2D eigenvalue weighted by Gasteiger charge is -2.40. The highest BCUT2D eigenvalue weighted by molar-refractivity contribution is 6.11. The van der Waals surface area contributed by atoms with Crippen molar-refractivity contribution in [1.29, 1.82) is 0 Å². The molecule has 1 saturated carbocycles. The first kappa shape index (κ1) is 40.2. The first-order valence-corrected chi connectivity index (χ1v) is 20.4. The van der Waals surface area contributed by atoms with Gasteiger partial charge in [0.1, 0.15) is 11.3 Å². The zero-order chi connectivity index (χ0) is 38.3. The molecule has 54 heavy (non-hydrogen) atoms. The molecule has 0 spiro atoms. The molecule has 2 aliphatic heterocycles. The van der Waals surface area contributed by atoms with Crippen LogP contribution < -0.4 is 14.5 Å². The van der Waals surface area contributed by atoms with Crippen LogP contribution in [0, 0.1) is 11.6 Å². The number of anilines is 2. The van der Waals surface area contributed by atoms with Crippen LogP contribution in [0.2, 0.25) is 0 Å². The van der Waals surface area contributed by atoms with Gasteiger partial charge in [-0.05, 0) is 52.0 Å². The number of fused-ring (bicyclic) bond motifs is 3. The SMILES string of the molecule is CCN1C(=O)N(c2c(F)c(O)cc(OC)c2F)Cc2cnc3[nH]c(C4(CN5CCOCC5)CCCCCCCCCCCCCC(C)(O)CCC4)cc3c21. The third-order valence-electron chi connectivity index (χ3n) is 12.1. The van der Waals surface area contributed by atoms with E-state index in [1.807, 2.05) is 13.8 Å². The summed E-state index contributed by atoms with van der Waals surface area (Å²) in [5, 5.41) is 22.5. The molecule has 0 bridgehead atoms. The van der Waals surface area contributed by atoms with E-state index >= 15 is 8.78 Å². The van der Waals surface area contributed by atoms with E-state index in [2.05, 4.69) is 16.0 Å². The number of phenolic OH excluding ortho intramolecular Hbond substituents is 1. The van der Waals surface area contributed by atoms with E-state index in [1.54, 1.807) is 6.20 Å². The average molecular weight is 754 g/mol. The third kappa shape index (κ3) is 8.97. The molecule has 3 aliphatic rings. The Bertz CT molecular complexity index is 1730. The number of rotatable bonds is 6. The van der Waals surface area contributed by atoms with Gasteiger partial charge in [-0.3, -0.25) is 14.7 Å². The van der Waals surface area contributed by atoms with Crippen molar-refractivity contribution >= 4 is 28.4 Å². The van der Waals surface area contributed by atoms with Gasteiger partial charge in [-0.25, -0.2) is 18.6 Å². The Kier molecular flexibility index (Phi) is 13.4. The van der Waals surface area contributed by atoms with Crippen molar-refractivity contribution in [2.24, 2.45) is 0 Å². The number of aromatic hydroxyl groups is 1. The maximum atomic E-state index is 15.6. The Labute approximate surface area is 319 Å². The van der Waals surface area contributed by atoms with E-state index in [0.717, 1.165) is 93.0 Å². The van der Waals surface area contributed by atoms with Crippen molar-refractivity contribution in [1.82, 2.24) is 14.9 Å². The number of nitrogens with one attached hydrogen (secondary N) is 1. The molecule has 2 fully saturated rings. The molecule has 1 aromatic carbocycles. The lowest BCUT2D eigenvalue weighted by atomic mass is 9.73. The Hall–Kier alpha value is -3.48. The summed E-state index contributed by atoms with van der Waals surface area (Å²) in [7, 11) is 1.22. The molecule has 12 heteroatoms. The van der Waals surface area contributed by atoms with Crippen molar-refractivity contribution in [3.63, 3.8) is 0 Å². The summed E-state index contributed by atoms with van der Waals surface area (Å²) in [6.07, 6.45) is 19.3. The van der Waals surface area contributed by atoms with Crippen LogP contribution in [0.3, 0.4) is 0 Å². The van der Waals surface area contributed by atoms with Gasteiger partial charge in [0.05, 0.1) is 38.2 Å². The molecule has 2 aromatic heterocycles. The molecule has 1 aliphatic carbocycles. The van der Waals surface area contributed by atoms with E-state index < -0.39 is 34.7 Å². The number of aromatic nitrogens is 2. The number of morpholine rings is 1. The summed E-state index contributed by atoms with van der Waals surface area (Å²) in [5.41, 5.74) is 1.39. The average Bonchev–Trinajstić information content (AvgIpc) is 3.61.